The fourth-order valence-corrected chi connectivity index (χ4v) is 2.14. The first-order chi connectivity index (χ1) is 9.91. The summed E-state index contributed by atoms with van der Waals surface area (Å²) >= 11 is 3.14. The highest BCUT2D eigenvalue weighted by Crippen LogP contribution is 2.26. The number of phenolic OH excluding ortho intramolecular Hbond substituents is 1. The van der Waals surface area contributed by atoms with E-state index in [2.05, 4.69) is 15.9 Å². The molecule has 0 atom stereocenters. The number of carboxylic acid groups (broad SMARTS) is 1. The number of carboxylic acids is 1. The Hall–Kier alpha value is -2.34. The number of aromatic hydroxyl groups is 1. The second-order valence-corrected chi connectivity index (χ2v) is 5.21. The molecule has 1 amide bonds. The molecular formula is C15H12BrNO4. The zero-order valence-corrected chi connectivity index (χ0v) is 12.7. The fraction of sp³-hybridized carbons (Fsp3) is 0.0667. The van der Waals surface area contributed by atoms with Gasteiger partial charge in [-0.3, -0.25) is 4.79 Å². The van der Waals surface area contributed by atoms with Crippen molar-refractivity contribution in [2.75, 3.05) is 11.9 Å². The van der Waals surface area contributed by atoms with E-state index in [9.17, 15) is 14.7 Å². The van der Waals surface area contributed by atoms with Crippen LogP contribution < -0.4 is 4.90 Å². The summed E-state index contributed by atoms with van der Waals surface area (Å²) in [5, 5.41) is 18.8. The van der Waals surface area contributed by atoms with E-state index in [-0.39, 0.29) is 22.6 Å². The zero-order chi connectivity index (χ0) is 15.6. The number of benzene rings is 2. The van der Waals surface area contributed by atoms with Gasteiger partial charge < -0.3 is 15.1 Å². The smallest absolute Gasteiger partial charge is 0.337 e. The number of rotatable bonds is 3. The molecule has 2 rings (SSSR count). The monoisotopic (exact) mass is 349 g/mol. The number of nitrogens with zero attached hydrogens (tertiary/aromatic N) is 1. The minimum Gasteiger partial charge on any atom is -0.507 e. The van der Waals surface area contributed by atoms with Gasteiger partial charge in [0, 0.05) is 12.6 Å². The van der Waals surface area contributed by atoms with Crippen LogP contribution in [0.25, 0.3) is 0 Å². The number of carbonyl (C=O) groups is 2. The van der Waals surface area contributed by atoms with Crippen molar-refractivity contribution >= 4 is 33.5 Å². The Morgan fingerprint density at radius 3 is 2.43 bits per heavy atom. The molecule has 0 fully saturated rings. The lowest BCUT2D eigenvalue weighted by Crippen LogP contribution is -2.27. The molecule has 0 aliphatic heterocycles. The molecule has 6 heteroatoms. The van der Waals surface area contributed by atoms with Crippen LogP contribution in [0.2, 0.25) is 0 Å². The third-order valence-electron chi connectivity index (χ3n) is 2.99. The second kappa shape index (κ2) is 5.97. The topological polar surface area (TPSA) is 77.8 Å². The summed E-state index contributed by atoms with van der Waals surface area (Å²) in [4.78, 5) is 24.8. The summed E-state index contributed by atoms with van der Waals surface area (Å²) in [6.07, 6.45) is 0. The van der Waals surface area contributed by atoms with Gasteiger partial charge >= 0.3 is 5.97 Å². The SMILES string of the molecule is CN(C(=O)c1ccc(Br)c(O)c1)c1ccccc1C(=O)O. The van der Waals surface area contributed by atoms with Crippen molar-refractivity contribution in [2.24, 2.45) is 0 Å². The van der Waals surface area contributed by atoms with Crippen LogP contribution in [0.1, 0.15) is 20.7 Å². The first-order valence-electron chi connectivity index (χ1n) is 6.00. The van der Waals surface area contributed by atoms with Gasteiger partial charge in [-0.25, -0.2) is 4.79 Å². The molecule has 0 bridgehead atoms. The third-order valence-corrected chi connectivity index (χ3v) is 3.66. The standard InChI is InChI=1S/C15H12BrNO4/c1-17(12-5-3-2-4-10(12)15(20)21)14(19)9-6-7-11(16)13(18)8-9/h2-8,18H,1H3,(H,20,21). The highest BCUT2D eigenvalue weighted by atomic mass is 79.9. The molecule has 2 N–H and O–H groups in total. The van der Waals surface area contributed by atoms with Crippen LogP contribution >= 0.6 is 15.9 Å². The van der Waals surface area contributed by atoms with Gasteiger partial charge in [0.05, 0.1) is 15.7 Å². The van der Waals surface area contributed by atoms with Crippen LogP contribution in [-0.4, -0.2) is 29.1 Å². The van der Waals surface area contributed by atoms with Crippen molar-refractivity contribution in [3.05, 3.63) is 58.1 Å². The largest absolute Gasteiger partial charge is 0.507 e. The van der Waals surface area contributed by atoms with Crippen molar-refractivity contribution in [3.8, 4) is 5.75 Å². The van der Waals surface area contributed by atoms with Gasteiger partial charge in [-0.2, -0.15) is 0 Å². The summed E-state index contributed by atoms with van der Waals surface area (Å²) < 4.78 is 0.479. The van der Waals surface area contributed by atoms with E-state index < -0.39 is 11.9 Å². The van der Waals surface area contributed by atoms with E-state index in [1.807, 2.05) is 0 Å². The van der Waals surface area contributed by atoms with Gasteiger partial charge in [0.2, 0.25) is 0 Å². The number of para-hydroxylation sites is 1. The number of carbonyl (C=O) groups excluding carboxylic acids is 1. The number of phenols is 1. The summed E-state index contributed by atoms with van der Waals surface area (Å²) in [6.45, 7) is 0. The van der Waals surface area contributed by atoms with Gasteiger partial charge in [-0.05, 0) is 46.3 Å². The zero-order valence-electron chi connectivity index (χ0n) is 11.1. The predicted octanol–water partition coefficient (Wildman–Crippen LogP) is 3.13. The van der Waals surface area contributed by atoms with E-state index in [0.717, 1.165) is 0 Å². The molecule has 2 aromatic carbocycles. The molecule has 21 heavy (non-hydrogen) atoms. The summed E-state index contributed by atoms with van der Waals surface area (Å²) in [7, 11) is 1.49. The fourth-order valence-electron chi connectivity index (χ4n) is 1.90. The minimum absolute atomic E-state index is 0.0367. The van der Waals surface area contributed by atoms with Crippen LogP contribution in [0.4, 0.5) is 5.69 Å². The lowest BCUT2D eigenvalue weighted by Gasteiger charge is -2.19. The summed E-state index contributed by atoms with van der Waals surface area (Å²) in [5.41, 5.74) is 0.588. The van der Waals surface area contributed by atoms with E-state index in [4.69, 9.17) is 5.11 Å². The van der Waals surface area contributed by atoms with E-state index in [1.165, 1.54) is 24.1 Å². The van der Waals surface area contributed by atoms with Crippen LogP contribution in [0.5, 0.6) is 5.75 Å². The quantitative estimate of drug-likeness (QED) is 0.892. The molecule has 0 spiro atoms. The molecular weight excluding hydrogens is 338 g/mol. The molecule has 2 aromatic rings. The van der Waals surface area contributed by atoms with Crippen molar-refractivity contribution in [2.45, 2.75) is 0 Å². The van der Waals surface area contributed by atoms with Crippen molar-refractivity contribution in [1.82, 2.24) is 0 Å². The van der Waals surface area contributed by atoms with Gasteiger partial charge in [0.1, 0.15) is 5.75 Å². The lowest BCUT2D eigenvalue weighted by atomic mass is 10.1. The molecule has 0 unspecified atom stereocenters. The maximum atomic E-state index is 12.4. The van der Waals surface area contributed by atoms with E-state index in [1.54, 1.807) is 30.3 Å². The molecule has 0 aliphatic rings. The molecule has 0 saturated heterocycles. The highest BCUT2D eigenvalue weighted by molar-refractivity contribution is 9.10. The van der Waals surface area contributed by atoms with Gasteiger partial charge in [0.25, 0.3) is 5.91 Å². The van der Waals surface area contributed by atoms with E-state index >= 15 is 0 Å². The number of aromatic carboxylic acids is 1. The average Bonchev–Trinajstić information content (AvgIpc) is 2.48. The summed E-state index contributed by atoms with van der Waals surface area (Å²) in [5.74, 6) is -1.57. The highest BCUT2D eigenvalue weighted by Gasteiger charge is 2.19. The molecule has 5 nitrogen and oxygen atoms in total. The number of amides is 1. The van der Waals surface area contributed by atoms with Gasteiger partial charge in [-0.1, -0.05) is 12.1 Å². The van der Waals surface area contributed by atoms with Crippen molar-refractivity contribution < 1.29 is 19.8 Å². The molecule has 0 aromatic heterocycles. The Balaban J connectivity index is 2.40. The normalized spacial score (nSPS) is 10.2. The number of anilines is 1. The number of hydrogen-bond acceptors (Lipinski definition) is 3. The molecule has 0 heterocycles. The second-order valence-electron chi connectivity index (χ2n) is 4.35. The summed E-state index contributed by atoms with van der Waals surface area (Å²) in [6, 6.07) is 10.7. The maximum Gasteiger partial charge on any atom is 0.337 e. The van der Waals surface area contributed by atoms with Gasteiger partial charge in [0.15, 0.2) is 0 Å². The average molecular weight is 350 g/mol. The van der Waals surface area contributed by atoms with Crippen molar-refractivity contribution in [3.63, 3.8) is 0 Å². The molecule has 108 valence electrons. The maximum absolute atomic E-state index is 12.4. The Morgan fingerprint density at radius 1 is 1.14 bits per heavy atom. The third kappa shape index (κ3) is 3.05. The Labute approximate surface area is 129 Å². The van der Waals surface area contributed by atoms with Crippen LogP contribution in [0.3, 0.4) is 0 Å². The van der Waals surface area contributed by atoms with E-state index in [0.29, 0.717) is 4.47 Å². The molecule has 0 saturated carbocycles. The van der Waals surface area contributed by atoms with Crippen LogP contribution in [0.15, 0.2) is 46.9 Å². The lowest BCUT2D eigenvalue weighted by molar-refractivity contribution is 0.0697. The minimum atomic E-state index is -1.11. The number of halogens is 1. The van der Waals surface area contributed by atoms with Crippen molar-refractivity contribution in [1.29, 1.82) is 0 Å². The van der Waals surface area contributed by atoms with Gasteiger partial charge in [-0.15, -0.1) is 0 Å². The molecule has 0 aliphatic carbocycles. The molecule has 0 radical (unpaired) electrons. The first kappa shape index (κ1) is 15.1. The Morgan fingerprint density at radius 2 is 1.81 bits per heavy atom. The Bertz CT molecular complexity index is 715. The number of hydrogen-bond donors (Lipinski definition) is 2. The van der Waals surface area contributed by atoms with Crippen LogP contribution in [-0.2, 0) is 0 Å². The van der Waals surface area contributed by atoms with Crippen LogP contribution in [0, 0.1) is 0 Å². The Kier molecular flexibility index (Phi) is 4.28. The first-order valence-corrected chi connectivity index (χ1v) is 6.80. The predicted molar refractivity (Wildman–Crippen MR) is 81.9 cm³/mol.